The number of piperidine rings is 3. The highest BCUT2D eigenvalue weighted by Gasteiger charge is 2.53. The van der Waals surface area contributed by atoms with E-state index < -0.39 is 5.60 Å². The summed E-state index contributed by atoms with van der Waals surface area (Å²) in [6, 6.07) is 10.0. The molecule has 0 saturated carbocycles. The van der Waals surface area contributed by atoms with Gasteiger partial charge in [0.25, 0.3) is 0 Å². The van der Waals surface area contributed by atoms with Gasteiger partial charge in [0.2, 0.25) is 0 Å². The molecule has 0 amide bonds. The molecule has 1 unspecified atom stereocenters. The third-order valence-corrected chi connectivity index (χ3v) is 4.28. The van der Waals surface area contributed by atoms with Crippen LogP contribution in [0.15, 0.2) is 42.6 Å². The molecule has 16 heavy (non-hydrogen) atoms. The van der Waals surface area contributed by atoms with Crippen molar-refractivity contribution < 1.29 is 10.0 Å². The van der Waals surface area contributed by atoms with Crippen LogP contribution in [0.1, 0.15) is 18.4 Å². The fraction of sp³-hybridized carbons (Fsp3) is 0.429. The van der Waals surface area contributed by atoms with Crippen molar-refractivity contribution in [3.63, 3.8) is 0 Å². The SMILES string of the molecule is C=C1[NH+]2CCC(CC2)C1(O)c1ccccc1. The molecule has 1 aromatic rings. The van der Waals surface area contributed by atoms with Gasteiger partial charge in [-0.25, -0.2) is 0 Å². The van der Waals surface area contributed by atoms with Crippen LogP contribution in [0.5, 0.6) is 0 Å². The summed E-state index contributed by atoms with van der Waals surface area (Å²) in [5, 5.41) is 11.0. The standard InChI is InChI=1S/C14H17NO/c1-11-14(16,12-5-3-2-4-6-12)13-7-9-15(11)10-8-13/h2-6,13,16H,1,7-10H2/p+1. The molecule has 2 N–H and O–H groups in total. The van der Waals surface area contributed by atoms with Crippen molar-refractivity contribution in [2.45, 2.75) is 18.4 Å². The Bertz CT molecular complexity index is 406. The smallest absolute Gasteiger partial charge is 0.166 e. The summed E-state index contributed by atoms with van der Waals surface area (Å²) < 4.78 is 0. The minimum Gasteiger partial charge on any atom is -0.375 e. The van der Waals surface area contributed by atoms with Gasteiger partial charge in [0.15, 0.2) is 5.60 Å². The largest absolute Gasteiger partial charge is 0.375 e. The van der Waals surface area contributed by atoms with Gasteiger partial charge in [-0.1, -0.05) is 30.3 Å². The first-order chi connectivity index (χ1) is 7.73. The lowest BCUT2D eigenvalue weighted by Gasteiger charge is -2.48. The predicted molar refractivity (Wildman–Crippen MR) is 62.9 cm³/mol. The van der Waals surface area contributed by atoms with E-state index >= 15 is 0 Å². The van der Waals surface area contributed by atoms with Crippen LogP contribution < -0.4 is 4.90 Å². The summed E-state index contributed by atoms with van der Waals surface area (Å²) in [5.41, 5.74) is 1.20. The molecule has 1 atom stereocenters. The van der Waals surface area contributed by atoms with Crippen LogP contribution in [0.2, 0.25) is 0 Å². The van der Waals surface area contributed by atoms with Crippen molar-refractivity contribution in [2.24, 2.45) is 5.92 Å². The Morgan fingerprint density at radius 1 is 1.19 bits per heavy atom. The van der Waals surface area contributed by atoms with Gasteiger partial charge in [-0.15, -0.1) is 0 Å². The van der Waals surface area contributed by atoms with Crippen LogP contribution in [-0.4, -0.2) is 18.2 Å². The molecule has 2 heteroatoms. The molecule has 3 saturated heterocycles. The number of benzene rings is 1. The van der Waals surface area contributed by atoms with Gasteiger partial charge in [0.1, 0.15) is 5.70 Å². The summed E-state index contributed by atoms with van der Waals surface area (Å²) in [6.45, 7) is 6.41. The highest BCUT2D eigenvalue weighted by atomic mass is 16.3. The van der Waals surface area contributed by atoms with Crippen LogP contribution in [0.3, 0.4) is 0 Å². The molecule has 4 rings (SSSR count). The summed E-state index contributed by atoms with van der Waals surface area (Å²) in [6.07, 6.45) is 2.22. The van der Waals surface area contributed by atoms with Gasteiger partial charge in [-0.3, -0.25) is 0 Å². The lowest BCUT2D eigenvalue weighted by molar-refractivity contribution is -0.886. The maximum atomic E-state index is 11.0. The monoisotopic (exact) mass is 216 g/mol. The maximum absolute atomic E-state index is 11.0. The van der Waals surface area contributed by atoms with E-state index in [0.717, 1.165) is 37.2 Å². The van der Waals surface area contributed by atoms with Gasteiger partial charge in [-0.05, 0) is 12.1 Å². The van der Waals surface area contributed by atoms with Crippen molar-refractivity contribution in [2.75, 3.05) is 13.1 Å². The van der Waals surface area contributed by atoms with E-state index in [-0.39, 0.29) is 0 Å². The average Bonchev–Trinajstić information content (AvgIpc) is 2.37. The normalized spacial score (nSPS) is 37.7. The van der Waals surface area contributed by atoms with Gasteiger partial charge < -0.3 is 10.0 Å². The zero-order valence-electron chi connectivity index (χ0n) is 9.45. The first-order valence-corrected chi connectivity index (χ1v) is 6.05. The van der Waals surface area contributed by atoms with Crippen molar-refractivity contribution >= 4 is 0 Å². The second kappa shape index (κ2) is 3.44. The molecule has 2 nitrogen and oxygen atoms in total. The van der Waals surface area contributed by atoms with Crippen molar-refractivity contribution in [1.82, 2.24) is 0 Å². The van der Waals surface area contributed by atoms with Gasteiger partial charge in [0.05, 0.1) is 13.1 Å². The second-order valence-electron chi connectivity index (χ2n) is 4.99. The first kappa shape index (κ1) is 10.1. The number of rotatable bonds is 1. The quantitative estimate of drug-likeness (QED) is 0.709. The van der Waals surface area contributed by atoms with Crippen LogP contribution >= 0.6 is 0 Å². The summed E-state index contributed by atoms with van der Waals surface area (Å²) >= 11 is 0. The van der Waals surface area contributed by atoms with Crippen LogP contribution in [-0.2, 0) is 5.60 Å². The number of fused-ring (bicyclic) bond motifs is 3. The predicted octanol–water partition coefficient (Wildman–Crippen LogP) is 0.696. The molecule has 0 spiro atoms. The number of aliphatic hydroxyl groups is 1. The molecule has 3 fully saturated rings. The molecule has 1 aromatic carbocycles. The Hall–Kier alpha value is -1.12. The minimum atomic E-state index is -0.785. The number of nitrogens with one attached hydrogen (secondary N) is 1. The second-order valence-corrected chi connectivity index (χ2v) is 4.99. The summed E-state index contributed by atoms with van der Waals surface area (Å²) in [4.78, 5) is 1.38. The topological polar surface area (TPSA) is 24.7 Å². The van der Waals surface area contributed by atoms with E-state index in [1.165, 1.54) is 4.90 Å². The highest BCUT2D eigenvalue weighted by Crippen LogP contribution is 2.41. The molecule has 3 heterocycles. The zero-order chi connectivity index (χ0) is 11.2. The molecule has 0 aliphatic carbocycles. The van der Waals surface area contributed by atoms with Crippen molar-refractivity contribution in [1.29, 1.82) is 0 Å². The van der Waals surface area contributed by atoms with E-state index in [9.17, 15) is 5.11 Å². The fourth-order valence-corrected chi connectivity index (χ4v) is 3.30. The van der Waals surface area contributed by atoms with Crippen LogP contribution in [0, 0.1) is 5.92 Å². The molecule has 84 valence electrons. The molecular formula is C14H18NO+. The Morgan fingerprint density at radius 3 is 2.38 bits per heavy atom. The average molecular weight is 216 g/mol. The van der Waals surface area contributed by atoms with Crippen molar-refractivity contribution in [3.05, 3.63) is 48.2 Å². The Balaban J connectivity index is 2.07. The lowest BCUT2D eigenvalue weighted by Crippen LogP contribution is -3.15. The lowest BCUT2D eigenvalue weighted by atomic mass is 9.70. The van der Waals surface area contributed by atoms with Gasteiger partial charge in [0, 0.05) is 18.8 Å². The molecule has 3 aliphatic heterocycles. The highest BCUT2D eigenvalue weighted by molar-refractivity contribution is 5.31. The van der Waals surface area contributed by atoms with E-state index in [1.807, 2.05) is 30.3 Å². The van der Waals surface area contributed by atoms with Crippen molar-refractivity contribution in [3.8, 4) is 0 Å². The molecule has 0 radical (unpaired) electrons. The summed E-state index contributed by atoms with van der Waals surface area (Å²) in [5.74, 6) is 0.361. The van der Waals surface area contributed by atoms with E-state index in [4.69, 9.17) is 0 Å². The van der Waals surface area contributed by atoms with E-state index in [0.29, 0.717) is 5.92 Å². The van der Waals surface area contributed by atoms with Crippen LogP contribution in [0.4, 0.5) is 0 Å². The minimum absolute atomic E-state index is 0.361. The molecule has 2 bridgehead atoms. The number of quaternary nitrogens is 1. The Morgan fingerprint density at radius 2 is 1.81 bits per heavy atom. The first-order valence-electron chi connectivity index (χ1n) is 6.05. The Labute approximate surface area is 96.2 Å². The third-order valence-electron chi connectivity index (χ3n) is 4.28. The Kier molecular flexibility index (Phi) is 2.16. The zero-order valence-corrected chi connectivity index (χ0v) is 9.45. The van der Waals surface area contributed by atoms with Gasteiger partial charge >= 0.3 is 0 Å². The molecular weight excluding hydrogens is 198 g/mol. The molecule has 0 aromatic heterocycles. The van der Waals surface area contributed by atoms with Crippen LogP contribution in [0.25, 0.3) is 0 Å². The summed E-state index contributed by atoms with van der Waals surface area (Å²) in [7, 11) is 0. The van der Waals surface area contributed by atoms with Gasteiger partial charge in [-0.2, -0.15) is 0 Å². The third kappa shape index (κ3) is 1.20. The fourth-order valence-electron chi connectivity index (χ4n) is 3.30. The number of hydrogen-bond acceptors (Lipinski definition) is 1. The molecule has 3 aliphatic rings. The van der Waals surface area contributed by atoms with E-state index in [1.54, 1.807) is 0 Å². The van der Waals surface area contributed by atoms with E-state index in [2.05, 4.69) is 6.58 Å². The maximum Gasteiger partial charge on any atom is 0.166 e. The number of hydrogen-bond donors (Lipinski definition) is 2.